The average molecular weight is 264 g/mol. The molecule has 4 rings (SSSR count). The lowest BCUT2D eigenvalue weighted by atomic mass is 9.94. The second-order valence-corrected chi connectivity index (χ2v) is 7.25. The molecular formula is C16H28N2O. The molecule has 0 spiro atoms. The molecular weight excluding hydrogens is 236 g/mol. The maximum absolute atomic E-state index is 6.08. The minimum atomic E-state index is 0.560. The summed E-state index contributed by atoms with van der Waals surface area (Å²) in [6.45, 7) is 3.47. The van der Waals surface area contributed by atoms with Crippen molar-refractivity contribution in [3.05, 3.63) is 0 Å². The molecule has 4 aliphatic rings. The Morgan fingerprint density at radius 3 is 2.53 bits per heavy atom. The molecule has 2 aliphatic heterocycles. The van der Waals surface area contributed by atoms with Crippen LogP contribution in [0.5, 0.6) is 0 Å². The minimum Gasteiger partial charge on any atom is -0.375 e. The highest BCUT2D eigenvalue weighted by Crippen LogP contribution is 2.38. The van der Waals surface area contributed by atoms with Crippen molar-refractivity contribution in [3.8, 4) is 0 Å². The number of fused-ring (bicyclic) bond motifs is 1. The first kappa shape index (κ1) is 12.6. The van der Waals surface area contributed by atoms with E-state index in [4.69, 9.17) is 4.74 Å². The molecule has 108 valence electrons. The van der Waals surface area contributed by atoms with E-state index in [0.717, 1.165) is 24.6 Å². The van der Waals surface area contributed by atoms with Crippen LogP contribution in [0.4, 0.5) is 0 Å². The van der Waals surface area contributed by atoms with Crippen molar-refractivity contribution >= 4 is 0 Å². The fourth-order valence-corrected chi connectivity index (χ4v) is 4.38. The molecule has 0 unspecified atom stereocenters. The Morgan fingerprint density at radius 1 is 0.895 bits per heavy atom. The molecule has 3 atom stereocenters. The zero-order chi connectivity index (χ0) is 12.7. The number of hydrogen-bond donors (Lipinski definition) is 1. The van der Waals surface area contributed by atoms with Gasteiger partial charge < -0.3 is 10.1 Å². The summed E-state index contributed by atoms with van der Waals surface area (Å²) in [6, 6.07) is 2.24. The predicted molar refractivity (Wildman–Crippen MR) is 76.2 cm³/mol. The van der Waals surface area contributed by atoms with Crippen molar-refractivity contribution in [1.82, 2.24) is 10.2 Å². The van der Waals surface area contributed by atoms with Gasteiger partial charge in [-0.05, 0) is 38.0 Å². The van der Waals surface area contributed by atoms with Gasteiger partial charge in [-0.2, -0.15) is 0 Å². The van der Waals surface area contributed by atoms with Crippen LogP contribution in [-0.4, -0.2) is 48.8 Å². The van der Waals surface area contributed by atoms with Crippen molar-refractivity contribution in [2.75, 3.05) is 19.7 Å². The van der Waals surface area contributed by atoms with E-state index in [-0.39, 0.29) is 0 Å². The summed E-state index contributed by atoms with van der Waals surface area (Å²) >= 11 is 0. The molecule has 0 aromatic rings. The third-order valence-corrected chi connectivity index (χ3v) is 5.67. The van der Waals surface area contributed by atoms with Crippen LogP contribution >= 0.6 is 0 Å². The second kappa shape index (κ2) is 5.34. The molecule has 4 fully saturated rings. The van der Waals surface area contributed by atoms with Crippen LogP contribution in [0.3, 0.4) is 0 Å². The first-order valence-electron chi connectivity index (χ1n) is 8.50. The van der Waals surface area contributed by atoms with Crippen LogP contribution in [0.25, 0.3) is 0 Å². The van der Waals surface area contributed by atoms with Gasteiger partial charge in [0.1, 0.15) is 0 Å². The number of hydrogen-bond acceptors (Lipinski definition) is 3. The SMILES string of the molecule is C1CCC(N[C@H]2C[C@H]3CO[C@H](C4CC4)CN3C2)CC1. The van der Waals surface area contributed by atoms with Gasteiger partial charge in [-0.1, -0.05) is 19.3 Å². The molecule has 0 bridgehead atoms. The highest BCUT2D eigenvalue weighted by molar-refractivity contribution is 4.97. The van der Waals surface area contributed by atoms with Gasteiger partial charge in [0.05, 0.1) is 12.7 Å². The van der Waals surface area contributed by atoms with Crippen LogP contribution in [0.1, 0.15) is 51.4 Å². The number of morpholine rings is 1. The van der Waals surface area contributed by atoms with E-state index in [1.807, 2.05) is 0 Å². The molecule has 0 radical (unpaired) electrons. The first-order chi connectivity index (χ1) is 9.38. The van der Waals surface area contributed by atoms with Crippen LogP contribution in [0.2, 0.25) is 0 Å². The smallest absolute Gasteiger partial charge is 0.0731 e. The zero-order valence-electron chi connectivity index (χ0n) is 12.0. The molecule has 3 nitrogen and oxygen atoms in total. The van der Waals surface area contributed by atoms with E-state index in [1.54, 1.807) is 0 Å². The minimum absolute atomic E-state index is 0.560. The molecule has 2 aliphatic carbocycles. The number of ether oxygens (including phenoxy) is 1. The molecule has 1 N–H and O–H groups in total. The summed E-state index contributed by atoms with van der Waals surface area (Å²) in [5.74, 6) is 0.895. The van der Waals surface area contributed by atoms with Crippen molar-refractivity contribution in [2.24, 2.45) is 5.92 Å². The molecule has 0 amide bonds. The van der Waals surface area contributed by atoms with Crippen molar-refractivity contribution in [1.29, 1.82) is 0 Å². The summed E-state index contributed by atoms with van der Waals surface area (Å²) in [4.78, 5) is 2.72. The lowest BCUT2D eigenvalue weighted by molar-refractivity contribution is -0.0581. The average Bonchev–Trinajstić information content (AvgIpc) is 3.20. The molecule has 2 heterocycles. The number of nitrogens with one attached hydrogen (secondary N) is 1. The Hall–Kier alpha value is -0.120. The van der Waals surface area contributed by atoms with E-state index in [0.29, 0.717) is 12.1 Å². The van der Waals surface area contributed by atoms with Crippen molar-refractivity contribution in [3.63, 3.8) is 0 Å². The topological polar surface area (TPSA) is 24.5 Å². The van der Waals surface area contributed by atoms with Gasteiger partial charge in [0, 0.05) is 31.2 Å². The summed E-state index contributed by atoms with van der Waals surface area (Å²) in [5, 5.41) is 3.94. The van der Waals surface area contributed by atoms with Crippen molar-refractivity contribution < 1.29 is 4.74 Å². The number of nitrogens with zero attached hydrogens (tertiary/aromatic N) is 1. The van der Waals surface area contributed by atoms with Gasteiger partial charge in [-0.15, -0.1) is 0 Å². The second-order valence-electron chi connectivity index (χ2n) is 7.25. The fourth-order valence-electron chi connectivity index (χ4n) is 4.38. The largest absolute Gasteiger partial charge is 0.375 e. The summed E-state index contributed by atoms with van der Waals surface area (Å²) < 4.78 is 6.08. The molecule has 19 heavy (non-hydrogen) atoms. The Morgan fingerprint density at radius 2 is 1.74 bits per heavy atom. The van der Waals surface area contributed by atoms with E-state index in [9.17, 15) is 0 Å². The van der Waals surface area contributed by atoms with E-state index >= 15 is 0 Å². The van der Waals surface area contributed by atoms with Gasteiger partial charge >= 0.3 is 0 Å². The van der Waals surface area contributed by atoms with E-state index in [1.165, 1.54) is 64.5 Å². The van der Waals surface area contributed by atoms with Crippen LogP contribution in [0.15, 0.2) is 0 Å². The monoisotopic (exact) mass is 264 g/mol. The van der Waals surface area contributed by atoms with Gasteiger partial charge in [-0.3, -0.25) is 4.90 Å². The Kier molecular flexibility index (Phi) is 3.55. The van der Waals surface area contributed by atoms with Gasteiger partial charge in [0.25, 0.3) is 0 Å². The van der Waals surface area contributed by atoms with Crippen molar-refractivity contribution in [2.45, 2.75) is 75.6 Å². The van der Waals surface area contributed by atoms with E-state index < -0.39 is 0 Å². The highest BCUT2D eigenvalue weighted by atomic mass is 16.5. The Labute approximate surface area is 117 Å². The molecule has 2 saturated carbocycles. The lowest BCUT2D eigenvalue weighted by Crippen LogP contribution is -2.47. The quantitative estimate of drug-likeness (QED) is 0.845. The summed E-state index contributed by atoms with van der Waals surface area (Å²) in [6.07, 6.45) is 11.8. The normalized spacial score (nSPS) is 41.4. The predicted octanol–water partition coefficient (Wildman–Crippen LogP) is 2.16. The number of rotatable bonds is 3. The lowest BCUT2D eigenvalue weighted by Gasteiger charge is -2.35. The summed E-state index contributed by atoms with van der Waals surface area (Å²) in [5.41, 5.74) is 0. The summed E-state index contributed by atoms with van der Waals surface area (Å²) in [7, 11) is 0. The Bertz CT molecular complexity index is 312. The van der Waals surface area contributed by atoms with Crippen LogP contribution in [0, 0.1) is 5.92 Å². The molecule has 3 heteroatoms. The van der Waals surface area contributed by atoms with Crippen LogP contribution in [-0.2, 0) is 4.74 Å². The molecule has 2 saturated heterocycles. The maximum atomic E-state index is 6.08. The Balaban J connectivity index is 1.29. The highest BCUT2D eigenvalue weighted by Gasteiger charge is 2.42. The molecule has 0 aromatic heterocycles. The molecule has 0 aromatic carbocycles. The zero-order valence-corrected chi connectivity index (χ0v) is 12.0. The fraction of sp³-hybridized carbons (Fsp3) is 1.00. The maximum Gasteiger partial charge on any atom is 0.0731 e. The third-order valence-electron chi connectivity index (χ3n) is 5.67. The van der Waals surface area contributed by atoms with E-state index in [2.05, 4.69) is 10.2 Å². The third kappa shape index (κ3) is 2.84. The van der Waals surface area contributed by atoms with Gasteiger partial charge in [-0.25, -0.2) is 0 Å². The van der Waals surface area contributed by atoms with Gasteiger partial charge in [0.2, 0.25) is 0 Å². The standard InChI is InChI=1S/C16H28N2O/c1-2-4-13(5-3-1)17-14-8-15-11-19-16(12-6-7-12)10-18(15)9-14/h12-17H,1-11H2/t14-,15-,16-/m0/s1. The first-order valence-corrected chi connectivity index (χ1v) is 8.50. The van der Waals surface area contributed by atoms with Crippen LogP contribution < -0.4 is 5.32 Å². The van der Waals surface area contributed by atoms with Gasteiger partial charge in [0.15, 0.2) is 0 Å².